The number of aliphatic imine (C=N–C) groups is 1. The van der Waals surface area contributed by atoms with Crippen molar-refractivity contribution in [2.24, 2.45) is 4.99 Å². The summed E-state index contributed by atoms with van der Waals surface area (Å²) in [7, 11) is 0. The first kappa shape index (κ1) is 22.0. The van der Waals surface area contributed by atoms with Crippen molar-refractivity contribution in [3.63, 3.8) is 0 Å². The quantitative estimate of drug-likeness (QED) is 0.233. The number of fused-ring (bicyclic) bond motifs is 3. The highest BCUT2D eigenvalue weighted by atomic mass is 32.1. The number of hydrogen-bond acceptors (Lipinski definition) is 2. The normalized spacial score (nSPS) is 15.0. The minimum absolute atomic E-state index is 0.361. The van der Waals surface area contributed by atoms with Crippen molar-refractivity contribution in [2.45, 2.75) is 5.92 Å². The van der Waals surface area contributed by atoms with Gasteiger partial charge in [0.2, 0.25) is 0 Å². The van der Waals surface area contributed by atoms with Gasteiger partial charge in [0.25, 0.3) is 0 Å². The van der Waals surface area contributed by atoms with Gasteiger partial charge < -0.3 is 0 Å². The van der Waals surface area contributed by atoms with Crippen molar-refractivity contribution in [3.8, 4) is 33.4 Å². The molecule has 0 saturated heterocycles. The number of rotatable bonds is 4. The number of thiophene rings is 1. The van der Waals surface area contributed by atoms with Crippen LogP contribution >= 0.6 is 11.3 Å². The largest absolute Gasteiger partial charge is 0.292 e. The lowest BCUT2D eigenvalue weighted by molar-refractivity contribution is 0.846. The first-order valence-corrected chi connectivity index (χ1v) is 13.5. The molecule has 2 heterocycles. The smallest absolute Gasteiger partial charge is 0.0492 e. The zero-order valence-electron chi connectivity index (χ0n) is 20.3. The van der Waals surface area contributed by atoms with Crippen LogP contribution in [0.1, 0.15) is 11.5 Å². The van der Waals surface area contributed by atoms with Crippen molar-refractivity contribution < 1.29 is 0 Å². The summed E-state index contributed by atoms with van der Waals surface area (Å²) in [5.74, 6) is 0.361. The maximum Gasteiger partial charge on any atom is 0.0492 e. The Balaban J connectivity index is 1.37. The number of allylic oxidation sites excluding steroid dienone is 1. The molecule has 37 heavy (non-hydrogen) atoms. The van der Waals surface area contributed by atoms with Gasteiger partial charge in [-0.1, -0.05) is 121 Å². The van der Waals surface area contributed by atoms with Gasteiger partial charge in [-0.15, -0.1) is 11.3 Å². The highest BCUT2D eigenvalue weighted by Crippen LogP contribution is 2.45. The van der Waals surface area contributed by atoms with Gasteiger partial charge in [0.15, 0.2) is 0 Å². The van der Waals surface area contributed by atoms with E-state index in [4.69, 9.17) is 0 Å². The molecule has 5 aromatic carbocycles. The predicted octanol–water partition coefficient (Wildman–Crippen LogP) is 9.78. The topological polar surface area (TPSA) is 12.4 Å². The molecule has 1 aromatic heterocycles. The molecular formula is C35H25NS. The Morgan fingerprint density at radius 1 is 0.541 bits per heavy atom. The van der Waals surface area contributed by atoms with Crippen LogP contribution in [-0.4, -0.2) is 12.8 Å². The SMILES string of the molecule is C1=CC(c2ccc(-c3ccccc3-c3cccc4c3sc3c(-c5ccccc5)cccc34)cc2)CN=C1. The second kappa shape index (κ2) is 9.31. The lowest BCUT2D eigenvalue weighted by atomic mass is 9.91. The van der Waals surface area contributed by atoms with Crippen LogP contribution in [0.2, 0.25) is 0 Å². The third kappa shape index (κ3) is 3.91. The maximum absolute atomic E-state index is 4.43. The Kier molecular flexibility index (Phi) is 5.53. The molecule has 0 spiro atoms. The molecule has 1 aliphatic heterocycles. The highest BCUT2D eigenvalue weighted by Gasteiger charge is 2.16. The number of dihydropyridines is 1. The Morgan fingerprint density at radius 3 is 1.89 bits per heavy atom. The van der Waals surface area contributed by atoms with Crippen LogP contribution in [-0.2, 0) is 0 Å². The number of nitrogens with zero attached hydrogens (tertiary/aromatic N) is 1. The zero-order valence-corrected chi connectivity index (χ0v) is 21.2. The van der Waals surface area contributed by atoms with Gasteiger partial charge in [-0.3, -0.25) is 4.99 Å². The van der Waals surface area contributed by atoms with E-state index >= 15 is 0 Å². The highest BCUT2D eigenvalue weighted by molar-refractivity contribution is 7.26. The van der Waals surface area contributed by atoms with Crippen LogP contribution in [0.3, 0.4) is 0 Å². The Morgan fingerprint density at radius 2 is 1.16 bits per heavy atom. The standard InChI is InChI=1S/C35H25NS/c1-2-9-25(10-3-1)29-14-6-16-32-33-17-7-15-31(35(33)37-34(29)32)30-13-5-4-12-28(30)26-20-18-24(19-21-26)27-11-8-22-36-23-27/h1-22,27H,23H2. The molecule has 1 aliphatic rings. The molecule has 7 rings (SSSR count). The fourth-order valence-electron chi connectivity index (χ4n) is 5.45. The molecule has 0 radical (unpaired) electrons. The lowest BCUT2D eigenvalue weighted by Gasteiger charge is -2.15. The fraction of sp³-hybridized carbons (Fsp3) is 0.0571. The molecule has 1 atom stereocenters. The first-order chi connectivity index (χ1) is 18.4. The van der Waals surface area contributed by atoms with Crippen LogP contribution in [0, 0.1) is 0 Å². The van der Waals surface area contributed by atoms with E-state index in [2.05, 4.69) is 126 Å². The summed E-state index contributed by atoms with van der Waals surface area (Å²) in [6.45, 7) is 0.825. The van der Waals surface area contributed by atoms with Gasteiger partial charge in [0.1, 0.15) is 0 Å². The van der Waals surface area contributed by atoms with E-state index < -0.39 is 0 Å². The van der Waals surface area contributed by atoms with E-state index in [1.54, 1.807) is 0 Å². The maximum atomic E-state index is 4.43. The Bertz CT molecular complexity index is 1790. The summed E-state index contributed by atoms with van der Waals surface area (Å²) in [5.41, 5.74) is 8.95. The minimum atomic E-state index is 0.361. The van der Waals surface area contributed by atoms with E-state index in [9.17, 15) is 0 Å². The van der Waals surface area contributed by atoms with Crippen LogP contribution in [0.5, 0.6) is 0 Å². The summed E-state index contributed by atoms with van der Waals surface area (Å²) in [5, 5.41) is 2.65. The molecule has 0 fully saturated rings. The summed E-state index contributed by atoms with van der Waals surface area (Å²) in [6.07, 6.45) is 6.17. The van der Waals surface area contributed by atoms with Crippen molar-refractivity contribution in [2.75, 3.05) is 6.54 Å². The van der Waals surface area contributed by atoms with Crippen LogP contribution < -0.4 is 0 Å². The van der Waals surface area contributed by atoms with Gasteiger partial charge in [0, 0.05) is 44.4 Å². The van der Waals surface area contributed by atoms with Gasteiger partial charge in [-0.2, -0.15) is 0 Å². The van der Waals surface area contributed by atoms with Crippen molar-refractivity contribution in [3.05, 3.63) is 133 Å². The summed E-state index contributed by atoms with van der Waals surface area (Å²) >= 11 is 1.91. The minimum Gasteiger partial charge on any atom is -0.292 e. The molecule has 1 unspecified atom stereocenters. The third-order valence-electron chi connectivity index (χ3n) is 7.31. The molecule has 0 bridgehead atoms. The van der Waals surface area contributed by atoms with Crippen LogP contribution in [0.25, 0.3) is 53.6 Å². The van der Waals surface area contributed by atoms with E-state index in [1.165, 1.54) is 59.1 Å². The monoisotopic (exact) mass is 491 g/mol. The zero-order chi connectivity index (χ0) is 24.6. The lowest BCUT2D eigenvalue weighted by Crippen LogP contribution is -2.02. The molecule has 0 saturated carbocycles. The first-order valence-electron chi connectivity index (χ1n) is 12.7. The molecule has 176 valence electrons. The molecule has 0 N–H and O–H groups in total. The Labute approximate surface area is 221 Å². The molecule has 0 amide bonds. The molecule has 2 heteroatoms. The van der Waals surface area contributed by atoms with E-state index in [0.717, 1.165) is 6.54 Å². The van der Waals surface area contributed by atoms with E-state index in [-0.39, 0.29) is 0 Å². The third-order valence-corrected chi connectivity index (χ3v) is 8.60. The average Bonchev–Trinajstić information content (AvgIpc) is 3.37. The van der Waals surface area contributed by atoms with Crippen molar-refractivity contribution >= 4 is 37.7 Å². The van der Waals surface area contributed by atoms with Gasteiger partial charge >= 0.3 is 0 Å². The predicted molar refractivity (Wildman–Crippen MR) is 161 cm³/mol. The van der Waals surface area contributed by atoms with Crippen LogP contribution in [0.15, 0.2) is 132 Å². The van der Waals surface area contributed by atoms with E-state index in [0.29, 0.717) is 5.92 Å². The van der Waals surface area contributed by atoms with Gasteiger partial charge in [-0.05, 0) is 39.5 Å². The second-order valence-electron chi connectivity index (χ2n) is 9.51. The summed E-state index contributed by atoms with van der Waals surface area (Å²) in [4.78, 5) is 4.43. The molecule has 1 nitrogen and oxygen atoms in total. The van der Waals surface area contributed by atoms with Gasteiger partial charge in [-0.25, -0.2) is 0 Å². The number of hydrogen-bond donors (Lipinski definition) is 0. The second-order valence-corrected chi connectivity index (χ2v) is 10.5. The fourth-order valence-corrected chi connectivity index (χ4v) is 6.82. The van der Waals surface area contributed by atoms with Crippen LogP contribution in [0.4, 0.5) is 0 Å². The number of benzene rings is 5. The average molecular weight is 492 g/mol. The summed E-state index contributed by atoms with van der Waals surface area (Å²) in [6, 6.07) is 42.0. The van der Waals surface area contributed by atoms with Gasteiger partial charge in [0.05, 0.1) is 0 Å². The van der Waals surface area contributed by atoms with Crippen molar-refractivity contribution in [1.29, 1.82) is 0 Å². The van der Waals surface area contributed by atoms with E-state index in [1.807, 2.05) is 23.6 Å². The van der Waals surface area contributed by atoms with Crippen molar-refractivity contribution in [1.82, 2.24) is 0 Å². The molecular weight excluding hydrogens is 466 g/mol. The molecule has 6 aromatic rings. The molecule has 0 aliphatic carbocycles. The Hall–Kier alpha value is -4.27. The summed E-state index contributed by atoms with van der Waals surface area (Å²) < 4.78 is 2.69.